The first-order chi connectivity index (χ1) is 11.9. The van der Waals surface area contributed by atoms with Crippen LogP contribution < -0.4 is 5.32 Å². The van der Waals surface area contributed by atoms with Gasteiger partial charge in [-0.1, -0.05) is 49.6 Å². The van der Waals surface area contributed by atoms with Gasteiger partial charge in [0.1, 0.15) is 0 Å². The number of carbonyl (C=O) groups is 1. The molecule has 1 saturated carbocycles. The first-order valence-corrected chi connectivity index (χ1v) is 8.52. The zero-order chi connectivity index (χ0) is 17.9. The normalized spacial score (nSPS) is 15.8. The average Bonchev–Trinajstić information content (AvgIpc) is 2.62. The van der Waals surface area contributed by atoms with Gasteiger partial charge in [0.2, 0.25) is 0 Å². The summed E-state index contributed by atoms with van der Waals surface area (Å²) in [6.07, 6.45) is 1.03. The highest BCUT2D eigenvalue weighted by atomic mass is 19.4. The average molecular weight is 347 g/mol. The minimum absolute atomic E-state index is 0.164. The summed E-state index contributed by atoms with van der Waals surface area (Å²) in [7, 11) is 0. The van der Waals surface area contributed by atoms with Crippen LogP contribution in [0.15, 0.2) is 48.5 Å². The highest BCUT2D eigenvalue weighted by Crippen LogP contribution is 2.32. The zero-order valence-corrected chi connectivity index (χ0v) is 13.8. The van der Waals surface area contributed by atoms with Crippen LogP contribution in [0.1, 0.15) is 48.0 Å². The molecule has 0 bridgehead atoms. The lowest BCUT2D eigenvalue weighted by Gasteiger charge is -2.23. The number of amides is 1. The fourth-order valence-corrected chi connectivity index (χ4v) is 3.28. The maximum atomic E-state index is 12.7. The Hall–Kier alpha value is -2.30. The van der Waals surface area contributed by atoms with Crippen LogP contribution in [0, 0.1) is 0 Å². The smallest absolute Gasteiger partial charge is 0.349 e. The van der Waals surface area contributed by atoms with Gasteiger partial charge in [0, 0.05) is 11.6 Å². The maximum Gasteiger partial charge on any atom is 0.416 e. The first-order valence-electron chi connectivity index (χ1n) is 8.52. The first kappa shape index (κ1) is 17.5. The molecular formula is C20H20F3NO. The minimum Gasteiger partial charge on any atom is -0.349 e. The van der Waals surface area contributed by atoms with Crippen molar-refractivity contribution in [3.8, 4) is 11.1 Å². The Bertz CT molecular complexity index is 731. The van der Waals surface area contributed by atoms with Crippen molar-refractivity contribution in [3.63, 3.8) is 0 Å². The Balaban J connectivity index is 1.84. The summed E-state index contributed by atoms with van der Waals surface area (Å²) >= 11 is 0. The molecule has 2 aromatic carbocycles. The van der Waals surface area contributed by atoms with Crippen LogP contribution >= 0.6 is 0 Å². The Morgan fingerprint density at radius 1 is 0.920 bits per heavy atom. The summed E-state index contributed by atoms with van der Waals surface area (Å²) in [4.78, 5) is 12.6. The second-order valence-electron chi connectivity index (χ2n) is 6.43. The molecule has 2 aromatic rings. The van der Waals surface area contributed by atoms with E-state index >= 15 is 0 Å². The molecule has 2 nitrogen and oxygen atoms in total. The third kappa shape index (κ3) is 4.21. The molecule has 0 unspecified atom stereocenters. The predicted molar refractivity (Wildman–Crippen MR) is 91.2 cm³/mol. The minimum atomic E-state index is -4.36. The van der Waals surface area contributed by atoms with Gasteiger partial charge in [0.05, 0.1) is 5.56 Å². The van der Waals surface area contributed by atoms with E-state index in [0.717, 1.165) is 37.8 Å². The second-order valence-corrected chi connectivity index (χ2v) is 6.43. The number of hydrogen-bond donors (Lipinski definition) is 1. The van der Waals surface area contributed by atoms with E-state index in [0.29, 0.717) is 16.7 Å². The van der Waals surface area contributed by atoms with Gasteiger partial charge in [0.25, 0.3) is 5.91 Å². The van der Waals surface area contributed by atoms with Crippen molar-refractivity contribution in [2.75, 3.05) is 0 Å². The molecule has 0 heterocycles. The summed E-state index contributed by atoms with van der Waals surface area (Å²) in [6, 6.07) is 12.1. The van der Waals surface area contributed by atoms with Crippen LogP contribution in [-0.2, 0) is 6.18 Å². The number of nitrogens with one attached hydrogen (secondary N) is 1. The molecule has 1 fully saturated rings. The van der Waals surface area contributed by atoms with Crippen molar-refractivity contribution in [1.82, 2.24) is 5.32 Å². The quantitative estimate of drug-likeness (QED) is 0.787. The van der Waals surface area contributed by atoms with Gasteiger partial charge in [-0.25, -0.2) is 0 Å². The Labute approximate surface area is 145 Å². The molecule has 5 heteroatoms. The molecule has 0 spiro atoms. The molecule has 1 aliphatic carbocycles. The van der Waals surface area contributed by atoms with Crippen molar-refractivity contribution in [1.29, 1.82) is 0 Å². The summed E-state index contributed by atoms with van der Waals surface area (Å²) in [5, 5.41) is 3.06. The van der Waals surface area contributed by atoms with Crippen molar-refractivity contribution in [2.45, 2.75) is 44.3 Å². The van der Waals surface area contributed by atoms with E-state index < -0.39 is 11.7 Å². The lowest BCUT2D eigenvalue weighted by molar-refractivity contribution is -0.137. The van der Waals surface area contributed by atoms with E-state index in [1.165, 1.54) is 18.6 Å². The zero-order valence-electron chi connectivity index (χ0n) is 13.8. The van der Waals surface area contributed by atoms with Crippen LogP contribution in [0.2, 0.25) is 0 Å². The van der Waals surface area contributed by atoms with Crippen molar-refractivity contribution >= 4 is 5.91 Å². The molecular weight excluding hydrogens is 327 g/mol. The van der Waals surface area contributed by atoms with Crippen molar-refractivity contribution < 1.29 is 18.0 Å². The Morgan fingerprint density at radius 2 is 1.56 bits per heavy atom. The molecule has 0 aliphatic heterocycles. The lowest BCUT2D eigenvalue weighted by atomic mass is 9.94. The maximum absolute atomic E-state index is 12.7. The fraction of sp³-hybridized carbons (Fsp3) is 0.350. The Morgan fingerprint density at radius 3 is 2.20 bits per heavy atom. The molecule has 3 rings (SSSR count). The van der Waals surface area contributed by atoms with E-state index in [2.05, 4.69) is 5.32 Å². The predicted octanol–water partition coefficient (Wildman–Crippen LogP) is 5.43. The molecule has 0 radical (unpaired) electrons. The summed E-state index contributed by atoms with van der Waals surface area (Å²) in [5.41, 5.74) is 1.04. The van der Waals surface area contributed by atoms with Crippen LogP contribution in [0.25, 0.3) is 11.1 Å². The van der Waals surface area contributed by atoms with Gasteiger partial charge in [-0.3, -0.25) is 4.79 Å². The SMILES string of the molecule is O=C(NC1CCCCC1)c1ccccc1-c1ccc(C(F)(F)F)cc1. The molecule has 1 N–H and O–H groups in total. The highest BCUT2D eigenvalue weighted by Gasteiger charge is 2.30. The molecule has 25 heavy (non-hydrogen) atoms. The van der Waals surface area contributed by atoms with Crippen LogP contribution in [0.3, 0.4) is 0 Å². The number of carbonyl (C=O) groups excluding carboxylic acids is 1. The number of halogens is 3. The van der Waals surface area contributed by atoms with Gasteiger partial charge in [-0.2, -0.15) is 13.2 Å². The van der Waals surface area contributed by atoms with Crippen LogP contribution in [0.4, 0.5) is 13.2 Å². The third-order valence-electron chi connectivity index (χ3n) is 4.64. The van der Waals surface area contributed by atoms with Crippen LogP contribution in [0.5, 0.6) is 0 Å². The van der Waals surface area contributed by atoms with E-state index in [9.17, 15) is 18.0 Å². The van der Waals surface area contributed by atoms with Gasteiger partial charge >= 0.3 is 6.18 Å². The monoisotopic (exact) mass is 347 g/mol. The summed E-state index contributed by atoms with van der Waals surface area (Å²) < 4.78 is 38.2. The van der Waals surface area contributed by atoms with Gasteiger partial charge in [-0.15, -0.1) is 0 Å². The largest absolute Gasteiger partial charge is 0.416 e. The van der Waals surface area contributed by atoms with E-state index in [-0.39, 0.29) is 11.9 Å². The molecule has 1 amide bonds. The molecule has 0 aromatic heterocycles. The molecule has 1 aliphatic rings. The van der Waals surface area contributed by atoms with E-state index in [4.69, 9.17) is 0 Å². The lowest BCUT2D eigenvalue weighted by Crippen LogP contribution is -2.36. The number of rotatable bonds is 3. The standard InChI is InChI=1S/C20H20F3NO/c21-20(22,23)15-12-10-14(11-13-15)17-8-4-5-9-18(17)19(25)24-16-6-2-1-3-7-16/h4-5,8-13,16H,1-3,6-7H2,(H,24,25). The number of hydrogen-bond acceptors (Lipinski definition) is 1. The van der Waals surface area contributed by atoms with Gasteiger partial charge < -0.3 is 5.32 Å². The van der Waals surface area contributed by atoms with E-state index in [1.807, 2.05) is 0 Å². The third-order valence-corrected chi connectivity index (χ3v) is 4.64. The number of benzene rings is 2. The molecule has 0 saturated heterocycles. The van der Waals surface area contributed by atoms with Gasteiger partial charge in [-0.05, 0) is 42.2 Å². The van der Waals surface area contributed by atoms with Gasteiger partial charge in [0.15, 0.2) is 0 Å². The fourth-order valence-electron chi connectivity index (χ4n) is 3.28. The number of alkyl halides is 3. The Kier molecular flexibility index (Phi) is 5.11. The second kappa shape index (κ2) is 7.30. The highest BCUT2D eigenvalue weighted by molar-refractivity contribution is 6.01. The van der Waals surface area contributed by atoms with Crippen LogP contribution in [-0.4, -0.2) is 11.9 Å². The van der Waals surface area contributed by atoms with E-state index in [1.54, 1.807) is 24.3 Å². The topological polar surface area (TPSA) is 29.1 Å². The van der Waals surface area contributed by atoms with Crippen molar-refractivity contribution in [3.05, 3.63) is 59.7 Å². The summed E-state index contributed by atoms with van der Waals surface area (Å²) in [6.45, 7) is 0. The molecule has 0 atom stereocenters. The molecule has 132 valence electrons. The van der Waals surface area contributed by atoms with Crippen molar-refractivity contribution in [2.24, 2.45) is 0 Å². The summed E-state index contributed by atoms with van der Waals surface area (Å²) in [5.74, 6) is -0.164.